The van der Waals surface area contributed by atoms with E-state index < -0.39 is 20.3 Å². The average Bonchev–Trinajstić information content (AvgIpc) is 2.38. The van der Waals surface area contributed by atoms with Crippen LogP contribution < -0.4 is 5.11 Å². The van der Waals surface area contributed by atoms with Crippen LogP contribution in [0, 0.1) is 0 Å². The van der Waals surface area contributed by atoms with E-state index in [1.165, 1.54) is 38.5 Å². The molecule has 0 aliphatic carbocycles. The van der Waals surface area contributed by atoms with Crippen LogP contribution in [0.15, 0.2) is 0 Å². The fourth-order valence-electron chi connectivity index (χ4n) is 2.25. The van der Waals surface area contributed by atoms with Gasteiger partial charge in [-0.1, -0.05) is 0 Å². The van der Waals surface area contributed by atoms with Crippen molar-refractivity contribution in [2.24, 2.45) is 0 Å². The van der Waals surface area contributed by atoms with Gasteiger partial charge in [-0.2, -0.15) is 0 Å². The van der Waals surface area contributed by atoms with Gasteiger partial charge in [-0.15, -0.1) is 0 Å². The Morgan fingerprint density at radius 1 is 0.750 bits per heavy atom. The van der Waals surface area contributed by atoms with Gasteiger partial charge in [-0.25, -0.2) is 0 Å². The molecular formula is C17H36GeO2. The molecule has 20 heavy (non-hydrogen) atoms. The van der Waals surface area contributed by atoms with E-state index in [-0.39, 0.29) is 0 Å². The van der Waals surface area contributed by atoms with Crippen molar-refractivity contribution in [1.82, 2.24) is 0 Å². The van der Waals surface area contributed by atoms with Gasteiger partial charge in [-0.05, 0) is 6.92 Å². The third-order valence-electron chi connectivity index (χ3n) is 3.40. The van der Waals surface area contributed by atoms with Crippen molar-refractivity contribution in [2.75, 3.05) is 0 Å². The van der Waals surface area contributed by atoms with Gasteiger partial charge in [0.25, 0.3) is 0 Å². The Hall–Kier alpha value is 0.0129. The van der Waals surface area contributed by atoms with Crippen LogP contribution in [0.25, 0.3) is 0 Å². The first-order valence-corrected chi connectivity index (χ1v) is 13.0. The van der Waals surface area contributed by atoms with E-state index in [2.05, 4.69) is 20.8 Å². The minimum atomic E-state index is -1.08. The van der Waals surface area contributed by atoms with Crippen molar-refractivity contribution in [3.8, 4) is 0 Å². The number of carboxylic acid groups (broad SMARTS) is 1. The molecule has 3 heteroatoms. The van der Waals surface area contributed by atoms with Crippen LogP contribution in [0.3, 0.4) is 0 Å². The van der Waals surface area contributed by atoms with Gasteiger partial charge in [0.1, 0.15) is 0 Å². The van der Waals surface area contributed by atoms with Gasteiger partial charge >= 0.3 is 109 Å². The molecule has 0 bridgehead atoms. The number of rotatable bonds is 12. The molecule has 0 atom stereocenters. The average molecular weight is 345 g/mol. The molecule has 0 spiro atoms. The number of hydrogen-bond donors (Lipinski definition) is 0. The second-order valence-corrected chi connectivity index (χ2v) is 11.9. The summed E-state index contributed by atoms with van der Waals surface area (Å²) in [5.74, 6) is -1.08. The van der Waals surface area contributed by atoms with Crippen LogP contribution in [0.4, 0.5) is 0 Å². The molecule has 0 aliphatic heterocycles. The first-order chi connectivity index (χ1) is 9.58. The van der Waals surface area contributed by atoms with E-state index in [1.807, 2.05) is 0 Å². The van der Waals surface area contributed by atoms with E-state index in [1.54, 1.807) is 35.0 Å². The molecular weight excluding hydrogens is 309 g/mol. The van der Waals surface area contributed by atoms with Gasteiger partial charge < -0.3 is 9.90 Å². The number of carbonyl (C=O) groups excluding carboxylic acids is 1. The zero-order valence-corrected chi connectivity index (χ0v) is 16.4. The molecule has 2 nitrogen and oxygen atoms in total. The van der Waals surface area contributed by atoms with Crippen molar-refractivity contribution in [3.63, 3.8) is 0 Å². The Balaban J connectivity index is 0. The Kier molecular flexibility index (Phi) is 21.2. The molecule has 0 amide bonds. The first kappa shape index (κ1) is 22.3. The fraction of sp³-hybridized carbons (Fsp3) is 0.941. The summed E-state index contributed by atoms with van der Waals surface area (Å²) in [5, 5.41) is 13.9. The van der Waals surface area contributed by atoms with E-state index in [0.29, 0.717) is 0 Å². The van der Waals surface area contributed by atoms with Crippen molar-refractivity contribution in [2.45, 2.75) is 101 Å². The normalized spacial score (nSPS) is 9.80. The molecule has 0 rings (SSSR count). The van der Waals surface area contributed by atoms with E-state index in [0.717, 1.165) is 6.92 Å². The maximum absolute atomic E-state index is 8.89. The zero-order valence-electron chi connectivity index (χ0n) is 14.3. The van der Waals surface area contributed by atoms with E-state index >= 15 is 0 Å². The molecule has 0 N–H and O–H groups in total. The maximum atomic E-state index is 8.89. The molecule has 0 heterocycles. The number of carbonyl (C=O) groups is 1. The summed E-state index contributed by atoms with van der Waals surface area (Å²) in [6.45, 7) is 7.95. The molecule has 0 saturated heterocycles. The van der Waals surface area contributed by atoms with Gasteiger partial charge in [-0.3, -0.25) is 0 Å². The molecule has 120 valence electrons. The third-order valence-corrected chi connectivity index (χ3v) is 10.1. The topological polar surface area (TPSA) is 40.1 Å². The Labute approximate surface area is 131 Å². The fourth-order valence-corrected chi connectivity index (χ4v) is 8.54. The summed E-state index contributed by atoms with van der Waals surface area (Å²) in [7, 11) is 0. The molecule has 0 aromatic heterocycles. The van der Waals surface area contributed by atoms with E-state index in [4.69, 9.17) is 9.90 Å². The molecule has 0 fully saturated rings. The zero-order chi connectivity index (χ0) is 15.6. The van der Waals surface area contributed by atoms with Crippen LogP contribution in [-0.2, 0) is 4.79 Å². The molecule has 0 unspecified atom stereocenters. The summed E-state index contributed by atoms with van der Waals surface area (Å²) >= 11 is -0.603. The predicted octanol–water partition coefficient (Wildman–Crippen LogP) is 4.81. The van der Waals surface area contributed by atoms with Crippen LogP contribution in [0.2, 0.25) is 15.8 Å². The standard InChI is InChI=1S/C15H33Ge.C2H4O2/c1-4-7-10-13-16(14-11-8-5-2)15-12-9-6-3;1-2(3)4/h4-15H2,1-3H3;1H3,(H,3,4)/q+1;/p-1. The second kappa shape index (κ2) is 19.0. The number of hydrogen-bond acceptors (Lipinski definition) is 2. The Morgan fingerprint density at radius 3 is 1.20 bits per heavy atom. The molecule has 0 radical (unpaired) electrons. The quantitative estimate of drug-likeness (QED) is 0.376. The third kappa shape index (κ3) is 23.1. The molecule has 0 aromatic carbocycles. The van der Waals surface area contributed by atoms with Crippen molar-refractivity contribution < 1.29 is 9.90 Å². The molecule has 0 saturated carbocycles. The van der Waals surface area contributed by atoms with Crippen molar-refractivity contribution in [1.29, 1.82) is 0 Å². The summed E-state index contributed by atoms with van der Waals surface area (Å²) < 4.78 is 0. The Morgan fingerprint density at radius 2 is 1.00 bits per heavy atom. The van der Waals surface area contributed by atoms with Gasteiger partial charge in [0.05, 0.1) is 0 Å². The number of carboxylic acids is 1. The monoisotopic (exact) mass is 346 g/mol. The van der Waals surface area contributed by atoms with Crippen molar-refractivity contribution >= 4 is 20.3 Å². The second-order valence-electron chi connectivity index (χ2n) is 5.61. The van der Waals surface area contributed by atoms with Gasteiger partial charge in [0.15, 0.2) is 0 Å². The SMILES string of the molecule is CC(=O)[O-].CCCC[CH2][Ge+]([CH2]CCCC)[CH2]CCCC. The molecule has 0 aromatic rings. The molecule has 0 aliphatic rings. The van der Waals surface area contributed by atoms with Crippen LogP contribution in [0.5, 0.6) is 0 Å². The Bertz CT molecular complexity index is 168. The summed E-state index contributed by atoms with van der Waals surface area (Å²) in [6, 6.07) is 0. The van der Waals surface area contributed by atoms with Gasteiger partial charge in [0.2, 0.25) is 0 Å². The number of aliphatic carboxylic acids is 1. The summed E-state index contributed by atoms with van der Waals surface area (Å²) in [4.78, 5) is 8.89. The van der Waals surface area contributed by atoms with Crippen molar-refractivity contribution in [3.05, 3.63) is 0 Å². The first-order valence-electron chi connectivity index (χ1n) is 8.59. The predicted molar refractivity (Wildman–Crippen MR) is 89.4 cm³/mol. The summed E-state index contributed by atoms with van der Waals surface area (Å²) in [6.07, 6.45) is 13.3. The summed E-state index contributed by atoms with van der Waals surface area (Å²) in [5.41, 5.74) is 0. The van der Waals surface area contributed by atoms with Crippen LogP contribution in [0.1, 0.15) is 85.5 Å². The van der Waals surface area contributed by atoms with Crippen LogP contribution in [-0.4, -0.2) is 20.3 Å². The number of unbranched alkanes of at least 4 members (excludes halogenated alkanes) is 6. The van der Waals surface area contributed by atoms with E-state index in [9.17, 15) is 0 Å². The van der Waals surface area contributed by atoms with Gasteiger partial charge in [0, 0.05) is 5.97 Å². The van der Waals surface area contributed by atoms with Crippen LogP contribution >= 0.6 is 0 Å². The minimum absolute atomic E-state index is 0.603.